The Kier molecular flexibility index (Phi) is 4.01. The Morgan fingerprint density at radius 2 is 1.95 bits per heavy atom. The third kappa shape index (κ3) is 3.42. The second-order valence-corrected chi connectivity index (χ2v) is 6.11. The highest BCUT2D eigenvalue weighted by Crippen LogP contribution is 2.10. The maximum atomic E-state index is 12.1. The molecule has 0 aliphatic carbocycles. The van der Waals surface area contributed by atoms with Crippen LogP contribution in [-0.4, -0.2) is 18.2 Å². The second kappa shape index (κ2) is 5.54. The summed E-state index contributed by atoms with van der Waals surface area (Å²) >= 11 is 0. The normalized spacial score (nSPS) is 11.7. The van der Waals surface area contributed by atoms with Crippen molar-refractivity contribution < 1.29 is 8.42 Å². The van der Waals surface area contributed by atoms with Gasteiger partial charge in [-0.2, -0.15) is 5.10 Å². The zero-order chi connectivity index (χ0) is 13.9. The van der Waals surface area contributed by atoms with Gasteiger partial charge >= 0.3 is 0 Å². The van der Waals surface area contributed by atoms with Crippen LogP contribution in [0.2, 0.25) is 0 Å². The molecular formula is C13H17N3O2S. The average Bonchev–Trinajstić information content (AvgIpc) is 2.85. The minimum Gasteiger partial charge on any atom is -0.273 e. The van der Waals surface area contributed by atoms with Gasteiger partial charge in [0.2, 0.25) is 10.0 Å². The summed E-state index contributed by atoms with van der Waals surface area (Å²) in [6.45, 7) is 4.91. The maximum Gasteiger partial charge on any atom is 0.240 e. The summed E-state index contributed by atoms with van der Waals surface area (Å²) in [5.74, 6) is 0. The summed E-state index contributed by atoms with van der Waals surface area (Å²) < 4.78 is 28.4. The molecule has 0 aliphatic rings. The van der Waals surface area contributed by atoms with Crippen molar-refractivity contribution in [1.82, 2.24) is 14.5 Å². The lowest BCUT2D eigenvalue weighted by Gasteiger charge is -2.05. The molecule has 0 bridgehead atoms. The van der Waals surface area contributed by atoms with Crippen LogP contribution in [0.4, 0.5) is 0 Å². The van der Waals surface area contributed by atoms with Gasteiger partial charge in [0.05, 0.1) is 11.1 Å². The molecule has 0 saturated carbocycles. The molecule has 0 radical (unpaired) electrons. The van der Waals surface area contributed by atoms with Crippen molar-refractivity contribution in [2.75, 3.05) is 0 Å². The molecule has 0 spiro atoms. The Bertz CT molecular complexity index is 645. The van der Waals surface area contributed by atoms with Gasteiger partial charge in [0.1, 0.15) is 0 Å². The maximum absolute atomic E-state index is 12.1. The number of sulfonamides is 1. The Balaban J connectivity index is 2.07. The van der Waals surface area contributed by atoms with Crippen LogP contribution in [0.25, 0.3) is 0 Å². The summed E-state index contributed by atoms with van der Waals surface area (Å²) in [6.07, 6.45) is 3.50. The lowest BCUT2D eigenvalue weighted by atomic mass is 10.2. The number of nitrogens with one attached hydrogen (secondary N) is 1. The minimum absolute atomic E-state index is 0.246. The van der Waals surface area contributed by atoms with E-state index in [0.29, 0.717) is 0 Å². The SMILES string of the molecule is CCn1cc(CNS(=O)(=O)c2ccc(C)cc2)cn1. The van der Waals surface area contributed by atoms with E-state index in [0.717, 1.165) is 17.7 Å². The number of nitrogens with zero attached hydrogens (tertiary/aromatic N) is 2. The molecule has 6 heteroatoms. The molecule has 0 unspecified atom stereocenters. The molecule has 0 atom stereocenters. The first-order chi connectivity index (χ1) is 9.01. The van der Waals surface area contributed by atoms with E-state index in [4.69, 9.17) is 0 Å². The summed E-state index contributed by atoms with van der Waals surface area (Å²) in [4.78, 5) is 0.279. The fourth-order valence-corrected chi connectivity index (χ4v) is 2.67. The molecule has 2 rings (SSSR count). The fourth-order valence-electron chi connectivity index (χ4n) is 1.65. The molecular weight excluding hydrogens is 262 g/mol. The highest BCUT2D eigenvalue weighted by Gasteiger charge is 2.13. The molecule has 102 valence electrons. The van der Waals surface area contributed by atoms with Crippen LogP contribution >= 0.6 is 0 Å². The zero-order valence-electron chi connectivity index (χ0n) is 11.0. The van der Waals surface area contributed by atoms with Crippen LogP contribution in [0.3, 0.4) is 0 Å². The summed E-state index contributed by atoms with van der Waals surface area (Å²) in [7, 11) is -3.46. The number of aryl methyl sites for hydroxylation is 2. The molecule has 1 heterocycles. The summed E-state index contributed by atoms with van der Waals surface area (Å²) in [5, 5.41) is 4.10. The predicted octanol–water partition coefficient (Wildman–Crippen LogP) is 1.69. The Labute approximate surface area is 113 Å². The number of aromatic nitrogens is 2. The summed E-state index contributed by atoms with van der Waals surface area (Å²) in [5.41, 5.74) is 1.88. The number of benzene rings is 1. The van der Waals surface area contributed by atoms with Gasteiger partial charge in [-0.05, 0) is 26.0 Å². The van der Waals surface area contributed by atoms with Crippen molar-refractivity contribution in [2.24, 2.45) is 0 Å². The quantitative estimate of drug-likeness (QED) is 0.906. The van der Waals surface area contributed by atoms with Crippen molar-refractivity contribution in [3.05, 3.63) is 47.8 Å². The van der Waals surface area contributed by atoms with Crippen LogP contribution in [-0.2, 0) is 23.1 Å². The smallest absolute Gasteiger partial charge is 0.240 e. The molecule has 1 N–H and O–H groups in total. The lowest BCUT2D eigenvalue weighted by Crippen LogP contribution is -2.23. The summed E-state index contributed by atoms with van der Waals surface area (Å²) in [6, 6.07) is 6.77. The van der Waals surface area contributed by atoms with E-state index in [-0.39, 0.29) is 11.4 Å². The minimum atomic E-state index is -3.46. The van der Waals surface area contributed by atoms with Gasteiger partial charge in [-0.3, -0.25) is 4.68 Å². The molecule has 0 aliphatic heterocycles. The van der Waals surface area contributed by atoms with E-state index in [1.807, 2.05) is 20.0 Å². The van der Waals surface area contributed by atoms with Gasteiger partial charge < -0.3 is 0 Å². The van der Waals surface area contributed by atoms with Crippen molar-refractivity contribution >= 4 is 10.0 Å². The van der Waals surface area contributed by atoms with Crippen molar-refractivity contribution in [3.63, 3.8) is 0 Å². The fraction of sp³-hybridized carbons (Fsp3) is 0.308. The first-order valence-electron chi connectivity index (χ1n) is 6.09. The Morgan fingerprint density at radius 3 is 2.53 bits per heavy atom. The first kappa shape index (κ1) is 13.8. The molecule has 0 amide bonds. The topological polar surface area (TPSA) is 64.0 Å². The molecule has 1 aromatic heterocycles. The largest absolute Gasteiger partial charge is 0.273 e. The van der Waals surface area contributed by atoms with E-state index in [1.165, 1.54) is 0 Å². The Morgan fingerprint density at radius 1 is 1.26 bits per heavy atom. The van der Waals surface area contributed by atoms with Gasteiger partial charge in [-0.25, -0.2) is 13.1 Å². The van der Waals surface area contributed by atoms with Gasteiger partial charge in [0.15, 0.2) is 0 Å². The van der Waals surface area contributed by atoms with Crippen LogP contribution in [0.5, 0.6) is 0 Å². The van der Waals surface area contributed by atoms with E-state index in [1.54, 1.807) is 35.1 Å². The molecule has 1 aromatic carbocycles. The molecule has 2 aromatic rings. The standard InChI is InChI=1S/C13H17N3O2S/c1-3-16-10-12(8-14-16)9-15-19(17,18)13-6-4-11(2)5-7-13/h4-8,10,15H,3,9H2,1-2H3. The Hall–Kier alpha value is -1.66. The monoisotopic (exact) mass is 279 g/mol. The third-order valence-corrected chi connectivity index (χ3v) is 4.23. The highest BCUT2D eigenvalue weighted by molar-refractivity contribution is 7.89. The van der Waals surface area contributed by atoms with Gasteiger partial charge in [0.25, 0.3) is 0 Å². The van der Waals surface area contributed by atoms with Crippen LogP contribution in [0.15, 0.2) is 41.6 Å². The van der Waals surface area contributed by atoms with Crippen LogP contribution < -0.4 is 4.72 Å². The number of hydrogen-bond acceptors (Lipinski definition) is 3. The van der Waals surface area contributed by atoms with E-state index in [2.05, 4.69) is 9.82 Å². The second-order valence-electron chi connectivity index (χ2n) is 4.34. The van der Waals surface area contributed by atoms with E-state index >= 15 is 0 Å². The number of hydrogen-bond donors (Lipinski definition) is 1. The van der Waals surface area contributed by atoms with Gasteiger partial charge in [-0.1, -0.05) is 17.7 Å². The van der Waals surface area contributed by atoms with Crippen molar-refractivity contribution in [3.8, 4) is 0 Å². The third-order valence-electron chi connectivity index (χ3n) is 2.81. The molecule has 0 fully saturated rings. The van der Waals surface area contributed by atoms with Crippen molar-refractivity contribution in [2.45, 2.75) is 31.8 Å². The molecule has 19 heavy (non-hydrogen) atoms. The van der Waals surface area contributed by atoms with E-state index < -0.39 is 10.0 Å². The average molecular weight is 279 g/mol. The van der Waals surface area contributed by atoms with Crippen LogP contribution in [0, 0.1) is 6.92 Å². The number of rotatable bonds is 5. The highest BCUT2D eigenvalue weighted by atomic mass is 32.2. The predicted molar refractivity (Wildman–Crippen MR) is 73.1 cm³/mol. The first-order valence-corrected chi connectivity index (χ1v) is 7.57. The zero-order valence-corrected chi connectivity index (χ0v) is 11.8. The lowest BCUT2D eigenvalue weighted by molar-refractivity contribution is 0.581. The molecule has 0 saturated heterocycles. The van der Waals surface area contributed by atoms with Gasteiger partial charge in [0, 0.05) is 24.8 Å². The molecule has 5 nitrogen and oxygen atoms in total. The van der Waals surface area contributed by atoms with Gasteiger partial charge in [-0.15, -0.1) is 0 Å². The van der Waals surface area contributed by atoms with Crippen molar-refractivity contribution in [1.29, 1.82) is 0 Å². The van der Waals surface area contributed by atoms with E-state index in [9.17, 15) is 8.42 Å². The van der Waals surface area contributed by atoms with Crippen LogP contribution in [0.1, 0.15) is 18.1 Å².